The van der Waals surface area contributed by atoms with Crippen LogP contribution in [0.15, 0.2) is 0 Å². The monoisotopic (exact) mass is 1450 g/mol. The SMILES string of the molecule is CC1CN1P(=[SH+])(N1CC1C)N1CC1C.CC1CN1P(=[SH+])(N1CC1C)N1CC1C.CC1CN1P(=[SH+])(N1CC1C)N1CC1C.CC1CN1P(=[SH+])(N1CC1C)N1CC1C.CC1CN1P(=[SH+])(N1CC1C)N1CC1C.CC1CN1P(=[SH+])(N1CC1C)N1CC1C.[Co]. The second-order valence-electron chi connectivity index (χ2n) is 29.7. The van der Waals surface area contributed by atoms with Crippen LogP contribution in [0.25, 0.3) is 0 Å². The molecule has 36 atom stereocenters. The normalized spacial score (nSPS) is 58.4. The summed E-state index contributed by atoms with van der Waals surface area (Å²) in [6.45, 7) is 56.2. The average Bonchev–Trinajstić information content (AvgIpc) is 1.72. The van der Waals surface area contributed by atoms with Gasteiger partial charge < -0.3 is 0 Å². The molecule has 489 valence electrons. The van der Waals surface area contributed by atoms with Crippen molar-refractivity contribution in [2.75, 3.05) is 118 Å². The van der Waals surface area contributed by atoms with Gasteiger partial charge in [0.15, 0.2) is 70.8 Å². The first-order valence-corrected chi connectivity index (χ1v) is 49.7. The van der Waals surface area contributed by atoms with E-state index < -0.39 is 38.9 Å². The Hall–Kier alpha value is 3.69. The second-order valence-corrected chi connectivity index (χ2v) is 55.0. The molecule has 0 aromatic heterocycles. The van der Waals surface area contributed by atoms with Crippen molar-refractivity contribution in [1.82, 2.24) is 84.1 Å². The van der Waals surface area contributed by atoms with Crippen molar-refractivity contribution in [2.24, 2.45) is 0 Å². The van der Waals surface area contributed by atoms with Crippen LogP contribution in [-0.2, 0) is 87.6 Å². The quantitative estimate of drug-likeness (QED) is 0.0665. The predicted octanol–water partition coefficient (Wildman–Crippen LogP) is 6.33. The van der Waals surface area contributed by atoms with Crippen molar-refractivity contribution in [3.05, 3.63) is 0 Å². The summed E-state index contributed by atoms with van der Waals surface area (Å²) in [4.78, 5) is 0. The summed E-state index contributed by atoms with van der Waals surface area (Å²) in [6.07, 6.45) is 0. The minimum atomic E-state index is -1.33. The Morgan fingerprint density at radius 2 is 0.188 bits per heavy atom. The zero-order valence-electron chi connectivity index (χ0n) is 54.9. The molecule has 0 spiro atoms. The Morgan fingerprint density at radius 3 is 0.212 bits per heavy atom. The van der Waals surface area contributed by atoms with E-state index in [1.54, 1.807) is 0 Å². The van der Waals surface area contributed by atoms with Crippen molar-refractivity contribution >= 4 is 110 Å². The van der Waals surface area contributed by atoms with Crippen LogP contribution in [0.5, 0.6) is 0 Å². The molecule has 18 aliphatic rings. The molecule has 18 saturated heterocycles. The number of rotatable bonds is 18. The van der Waals surface area contributed by atoms with Crippen molar-refractivity contribution in [3.8, 4) is 0 Å². The average molecular weight is 1450 g/mol. The van der Waals surface area contributed by atoms with Crippen LogP contribution < -0.4 is 0 Å². The minimum absolute atomic E-state index is 0. The Morgan fingerprint density at radius 1 is 0.153 bits per heavy atom. The molecular weight excluding hydrogens is 1340 g/mol. The number of thiol groups is 6. The van der Waals surface area contributed by atoms with E-state index in [-0.39, 0.29) is 16.8 Å². The molecular formula is C54H114CoN18P6S6+6. The van der Waals surface area contributed by atoms with Gasteiger partial charge in [0, 0.05) is 243 Å². The second kappa shape index (κ2) is 24.0. The van der Waals surface area contributed by atoms with Crippen molar-refractivity contribution in [2.45, 2.75) is 233 Å². The van der Waals surface area contributed by atoms with Gasteiger partial charge in [0.1, 0.15) is 0 Å². The van der Waals surface area contributed by atoms with E-state index in [1.807, 2.05) is 0 Å². The van der Waals surface area contributed by atoms with E-state index in [0.717, 1.165) is 109 Å². The van der Waals surface area contributed by atoms with Crippen LogP contribution in [0.3, 0.4) is 0 Å². The van der Waals surface area contributed by atoms with E-state index in [0.29, 0.717) is 0 Å². The summed E-state index contributed by atoms with van der Waals surface area (Å²) >= 11 is 30.3. The van der Waals surface area contributed by atoms with Gasteiger partial charge in [-0.15, -0.1) is 0 Å². The molecule has 0 saturated carbocycles. The largest absolute Gasteiger partial charge is 0.329 e. The van der Waals surface area contributed by atoms with E-state index in [4.69, 9.17) is 70.8 Å². The zero-order chi connectivity index (χ0) is 60.5. The van der Waals surface area contributed by atoms with Crippen molar-refractivity contribution in [3.63, 3.8) is 0 Å². The fourth-order valence-corrected chi connectivity index (χ4v) is 49.9. The van der Waals surface area contributed by atoms with Crippen LogP contribution in [0.2, 0.25) is 0 Å². The third kappa shape index (κ3) is 13.3. The van der Waals surface area contributed by atoms with Gasteiger partial charge in [-0.05, 0) is 125 Å². The number of hydrogen-bond acceptors (Lipinski definition) is 0. The summed E-state index contributed by atoms with van der Waals surface area (Å²) in [7, 11) is 0. The van der Waals surface area contributed by atoms with Gasteiger partial charge in [-0.25, -0.2) is 84.1 Å². The molecule has 31 heteroatoms. The Labute approximate surface area is 557 Å². The van der Waals surface area contributed by atoms with Gasteiger partial charge >= 0.3 is 38.9 Å². The fraction of sp³-hybridized carbons (Fsp3) is 1.00. The maximum Gasteiger partial charge on any atom is 0.329 e. The van der Waals surface area contributed by atoms with Crippen LogP contribution in [0.1, 0.15) is 125 Å². The summed E-state index contributed by atoms with van der Waals surface area (Å²) in [6, 6.07) is 13.8. The Bertz CT molecular complexity index is 2130. The molecule has 18 heterocycles. The summed E-state index contributed by atoms with van der Waals surface area (Å²) in [5, 5.41) is 0. The summed E-state index contributed by atoms with van der Waals surface area (Å²) in [5.74, 6) is 0. The van der Waals surface area contributed by atoms with Crippen LogP contribution in [0, 0.1) is 0 Å². The standard InChI is InChI=1S/6C9H18N3PS.Co/c6*1-7-4-10(7)13(14,11-5-8(11)2)12-6-9(12)3;/h6*7-9H,4-6H2,1-3H3;/p+6. The minimum Gasteiger partial charge on any atom is -0.210 e. The first kappa shape index (κ1) is 68.6. The fourth-order valence-electron chi connectivity index (χ4n) is 13.4. The van der Waals surface area contributed by atoms with Gasteiger partial charge in [0.05, 0.1) is 0 Å². The Kier molecular flexibility index (Phi) is 19.4. The molecule has 0 aromatic carbocycles. The van der Waals surface area contributed by atoms with Gasteiger partial charge in [0.2, 0.25) is 0 Å². The van der Waals surface area contributed by atoms with Crippen LogP contribution >= 0.6 is 38.9 Å². The summed E-state index contributed by atoms with van der Waals surface area (Å²) < 4.78 is 46.8. The smallest absolute Gasteiger partial charge is 0.210 e. The van der Waals surface area contributed by atoms with Gasteiger partial charge in [0.25, 0.3) is 0 Å². The van der Waals surface area contributed by atoms with Gasteiger partial charge in [-0.1, -0.05) is 0 Å². The molecule has 18 fully saturated rings. The third-order valence-electron chi connectivity index (χ3n) is 21.1. The molecule has 18 aliphatic heterocycles. The van der Waals surface area contributed by atoms with Crippen molar-refractivity contribution < 1.29 is 16.8 Å². The third-order valence-corrected chi connectivity index (χ3v) is 55.9. The van der Waals surface area contributed by atoms with Gasteiger partial charge in [-0.3, -0.25) is 0 Å². The molecule has 18 rings (SSSR count). The van der Waals surface area contributed by atoms with E-state index in [2.05, 4.69) is 209 Å². The topological polar surface area (TPSA) is 54.2 Å². The molecule has 0 N–H and O–H groups in total. The van der Waals surface area contributed by atoms with Crippen LogP contribution in [0.4, 0.5) is 0 Å². The summed E-state index contributed by atoms with van der Waals surface area (Å²) in [5.41, 5.74) is 0. The van der Waals surface area contributed by atoms with E-state index in [9.17, 15) is 0 Å². The van der Waals surface area contributed by atoms with Crippen molar-refractivity contribution in [1.29, 1.82) is 0 Å². The van der Waals surface area contributed by atoms with Gasteiger partial charge in [-0.2, -0.15) is 0 Å². The maximum atomic E-state index is 5.06. The molecule has 36 unspecified atom stereocenters. The molecule has 1 radical (unpaired) electrons. The number of hydrogen-bond donors (Lipinski definition) is 0. The maximum absolute atomic E-state index is 5.06. The number of nitrogens with zero attached hydrogens (tertiary/aromatic N) is 18. The predicted molar refractivity (Wildman–Crippen MR) is 385 cm³/mol. The zero-order valence-corrected chi connectivity index (χ0v) is 66.6. The molecule has 0 bridgehead atoms. The molecule has 0 amide bonds. The molecule has 0 aliphatic carbocycles. The molecule has 0 aromatic rings. The van der Waals surface area contributed by atoms with Crippen LogP contribution in [-0.4, -0.2) is 311 Å². The molecule has 18 nitrogen and oxygen atoms in total. The van der Waals surface area contributed by atoms with E-state index >= 15 is 0 Å². The Balaban J connectivity index is 0.0000000998. The van der Waals surface area contributed by atoms with E-state index in [1.165, 1.54) is 118 Å². The first-order chi connectivity index (χ1) is 39.3. The first-order valence-electron chi connectivity index (χ1n) is 32.9. The molecule has 85 heavy (non-hydrogen) atoms.